The van der Waals surface area contributed by atoms with Gasteiger partial charge in [-0.25, -0.2) is 4.79 Å². The Bertz CT molecular complexity index is 627. The Kier molecular flexibility index (Phi) is 5.21. The Morgan fingerprint density at radius 2 is 1.55 bits per heavy atom. The first-order valence-corrected chi connectivity index (χ1v) is 7.62. The molecule has 2 amide bonds. The van der Waals surface area contributed by atoms with Crippen molar-refractivity contribution in [1.29, 1.82) is 0 Å². The molecule has 0 aromatic heterocycles. The third kappa shape index (κ3) is 4.62. The van der Waals surface area contributed by atoms with Gasteiger partial charge in [0.15, 0.2) is 0 Å². The number of carbonyl (C=O) groups is 1. The highest BCUT2D eigenvalue weighted by molar-refractivity contribution is 5.74. The Labute approximate surface area is 132 Å². The van der Waals surface area contributed by atoms with Gasteiger partial charge in [-0.15, -0.1) is 0 Å². The van der Waals surface area contributed by atoms with E-state index in [0.29, 0.717) is 6.54 Å². The second kappa shape index (κ2) is 7.12. The maximum Gasteiger partial charge on any atom is 0.315 e. The Balaban J connectivity index is 1.89. The SMILES string of the molecule is Cc1ccc(CNC(=O)NC(C)c2cc(C)cc(C)c2)cc1. The normalized spacial score (nSPS) is 11.8. The summed E-state index contributed by atoms with van der Waals surface area (Å²) in [5, 5.41) is 5.88. The molecule has 1 unspecified atom stereocenters. The molecule has 0 saturated heterocycles. The molecule has 2 aromatic carbocycles. The lowest BCUT2D eigenvalue weighted by molar-refractivity contribution is 0.237. The molecule has 0 spiro atoms. The van der Waals surface area contributed by atoms with Crippen LogP contribution in [0.3, 0.4) is 0 Å². The predicted octanol–water partition coefficient (Wildman–Crippen LogP) is 4.17. The van der Waals surface area contributed by atoms with E-state index in [0.717, 1.165) is 11.1 Å². The minimum atomic E-state index is -0.146. The van der Waals surface area contributed by atoms with E-state index in [9.17, 15) is 4.79 Å². The summed E-state index contributed by atoms with van der Waals surface area (Å²) < 4.78 is 0. The molecule has 2 aromatic rings. The van der Waals surface area contributed by atoms with E-state index in [1.54, 1.807) is 0 Å². The predicted molar refractivity (Wildman–Crippen MR) is 90.9 cm³/mol. The number of aryl methyl sites for hydroxylation is 3. The van der Waals surface area contributed by atoms with E-state index in [2.05, 4.69) is 49.6 Å². The van der Waals surface area contributed by atoms with Gasteiger partial charge in [-0.3, -0.25) is 0 Å². The summed E-state index contributed by atoms with van der Waals surface area (Å²) in [4.78, 5) is 12.0. The average Bonchev–Trinajstić information content (AvgIpc) is 2.45. The van der Waals surface area contributed by atoms with Gasteiger partial charge >= 0.3 is 6.03 Å². The Morgan fingerprint density at radius 3 is 2.14 bits per heavy atom. The summed E-state index contributed by atoms with van der Waals surface area (Å²) in [7, 11) is 0. The monoisotopic (exact) mass is 296 g/mol. The summed E-state index contributed by atoms with van der Waals surface area (Å²) in [6.45, 7) is 8.72. The molecular weight excluding hydrogens is 272 g/mol. The van der Waals surface area contributed by atoms with Gasteiger partial charge in [0.2, 0.25) is 0 Å². The van der Waals surface area contributed by atoms with Crippen LogP contribution in [0.1, 0.15) is 40.8 Å². The second-order valence-corrected chi connectivity index (χ2v) is 5.96. The number of nitrogens with one attached hydrogen (secondary N) is 2. The summed E-state index contributed by atoms with van der Waals surface area (Å²) in [5.41, 5.74) is 5.87. The number of urea groups is 1. The fraction of sp³-hybridized carbons (Fsp3) is 0.316. The molecule has 0 radical (unpaired) electrons. The van der Waals surface area contributed by atoms with E-state index >= 15 is 0 Å². The quantitative estimate of drug-likeness (QED) is 0.873. The first-order valence-electron chi connectivity index (χ1n) is 7.62. The summed E-state index contributed by atoms with van der Waals surface area (Å²) >= 11 is 0. The first kappa shape index (κ1) is 16.1. The number of hydrogen-bond donors (Lipinski definition) is 2. The van der Waals surface area contributed by atoms with Crippen molar-refractivity contribution in [2.75, 3.05) is 0 Å². The zero-order chi connectivity index (χ0) is 16.1. The first-order chi connectivity index (χ1) is 10.4. The van der Waals surface area contributed by atoms with Crippen LogP contribution in [0.2, 0.25) is 0 Å². The van der Waals surface area contributed by atoms with Crippen molar-refractivity contribution in [3.63, 3.8) is 0 Å². The van der Waals surface area contributed by atoms with E-state index in [4.69, 9.17) is 0 Å². The molecule has 0 heterocycles. The van der Waals surface area contributed by atoms with E-state index in [1.807, 2.05) is 31.2 Å². The minimum absolute atomic E-state index is 0.0170. The lowest BCUT2D eigenvalue weighted by Gasteiger charge is -2.16. The molecule has 0 aliphatic carbocycles. The topological polar surface area (TPSA) is 41.1 Å². The van der Waals surface area contributed by atoms with Crippen molar-refractivity contribution >= 4 is 6.03 Å². The van der Waals surface area contributed by atoms with Crippen molar-refractivity contribution in [3.8, 4) is 0 Å². The summed E-state index contributed by atoms with van der Waals surface area (Å²) in [5.74, 6) is 0. The minimum Gasteiger partial charge on any atom is -0.334 e. The van der Waals surface area contributed by atoms with Crippen molar-refractivity contribution < 1.29 is 4.79 Å². The molecular formula is C19H24N2O. The van der Waals surface area contributed by atoms with E-state index in [1.165, 1.54) is 16.7 Å². The number of rotatable bonds is 4. The summed E-state index contributed by atoms with van der Waals surface area (Å²) in [6, 6.07) is 14.3. The molecule has 0 saturated carbocycles. The average molecular weight is 296 g/mol. The fourth-order valence-corrected chi connectivity index (χ4v) is 2.48. The largest absolute Gasteiger partial charge is 0.334 e. The third-order valence-corrected chi connectivity index (χ3v) is 3.67. The maximum absolute atomic E-state index is 12.0. The van der Waals surface area contributed by atoms with Crippen molar-refractivity contribution in [2.45, 2.75) is 40.3 Å². The molecule has 3 heteroatoms. The Hall–Kier alpha value is -2.29. The van der Waals surface area contributed by atoms with Crippen LogP contribution >= 0.6 is 0 Å². The highest BCUT2D eigenvalue weighted by Crippen LogP contribution is 2.16. The molecule has 0 bridgehead atoms. The fourth-order valence-electron chi connectivity index (χ4n) is 2.48. The van der Waals surface area contributed by atoms with Crippen LogP contribution in [0, 0.1) is 20.8 Å². The van der Waals surface area contributed by atoms with E-state index in [-0.39, 0.29) is 12.1 Å². The van der Waals surface area contributed by atoms with Gasteiger partial charge in [0.25, 0.3) is 0 Å². The molecule has 22 heavy (non-hydrogen) atoms. The van der Waals surface area contributed by atoms with Gasteiger partial charge in [-0.2, -0.15) is 0 Å². The van der Waals surface area contributed by atoms with Gasteiger partial charge in [0, 0.05) is 6.54 Å². The molecule has 0 fully saturated rings. The van der Waals surface area contributed by atoms with Crippen LogP contribution in [-0.4, -0.2) is 6.03 Å². The standard InChI is InChI=1S/C19H24N2O/c1-13-5-7-17(8-6-13)12-20-19(22)21-16(4)18-10-14(2)9-15(3)11-18/h5-11,16H,12H2,1-4H3,(H2,20,21,22). The van der Waals surface area contributed by atoms with Crippen LogP contribution < -0.4 is 10.6 Å². The third-order valence-electron chi connectivity index (χ3n) is 3.67. The van der Waals surface area contributed by atoms with Crippen LogP contribution in [0.4, 0.5) is 4.79 Å². The van der Waals surface area contributed by atoms with Crippen LogP contribution in [0.25, 0.3) is 0 Å². The van der Waals surface area contributed by atoms with Gasteiger partial charge in [0.1, 0.15) is 0 Å². The lowest BCUT2D eigenvalue weighted by atomic mass is 10.0. The number of benzene rings is 2. The van der Waals surface area contributed by atoms with Gasteiger partial charge < -0.3 is 10.6 Å². The second-order valence-electron chi connectivity index (χ2n) is 5.96. The van der Waals surface area contributed by atoms with Crippen LogP contribution in [0.15, 0.2) is 42.5 Å². The molecule has 2 N–H and O–H groups in total. The maximum atomic E-state index is 12.0. The molecule has 2 rings (SSSR count). The Morgan fingerprint density at radius 1 is 0.955 bits per heavy atom. The van der Waals surface area contributed by atoms with Crippen molar-refractivity contribution in [3.05, 3.63) is 70.3 Å². The molecule has 3 nitrogen and oxygen atoms in total. The van der Waals surface area contributed by atoms with Crippen molar-refractivity contribution in [2.24, 2.45) is 0 Å². The van der Waals surface area contributed by atoms with Crippen LogP contribution in [0.5, 0.6) is 0 Å². The lowest BCUT2D eigenvalue weighted by Crippen LogP contribution is -2.36. The number of carbonyl (C=O) groups excluding carboxylic acids is 1. The number of hydrogen-bond acceptors (Lipinski definition) is 1. The van der Waals surface area contributed by atoms with Crippen LogP contribution in [-0.2, 0) is 6.54 Å². The highest BCUT2D eigenvalue weighted by Gasteiger charge is 2.10. The van der Waals surface area contributed by atoms with Gasteiger partial charge in [-0.05, 0) is 38.8 Å². The van der Waals surface area contributed by atoms with Crippen molar-refractivity contribution in [1.82, 2.24) is 10.6 Å². The van der Waals surface area contributed by atoms with Gasteiger partial charge in [-0.1, -0.05) is 59.2 Å². The van der Waals surface area contributed by atoms with Gasteiger partial charge in [0.05, 0.1) is 6.04 Å². The van der Waals surface area contributed by atoms with E-state index < -0.39 is 0 Å². The molecule has 0 aliphatic rings. The zero-order valence-corrected chi connectivity index (χ0v) is 13.7. The number of amides is 2. The summed E-state index contributed by atoms with van der Waals surface area (Å²) in [6.07, 6.45) is 0. The smallest absolute Gasteiger partial charge is 0.315 e. The molecule has 0 aliphatic heterocycles. The molecule has 116 valence electrons. The molecule has 1 atom stereocenters. The zero-order valence-electron chi connectivity index (χ0n) is 13.7. The highest BCUT2D eigenvalue weighted by atomic mass is 16.2.